The van der Waals surface area contributed by atoms with Gasteiger partial charge in [0.15, 0.2) is 0 Å². The molecule has 5 rings (SSSR count). The third-order valence-corrected chi connectivity index (χ3v) is 7.29. The molecule has 2 atom stereocenters. The Labute approximate surface area is 188 Å². The molecule has 7 heteroatoms. The van der Waals surface area contributed by atoms with Crippen LogP contribution in [0.2, 0.25) is 0 Å². The summed E-state index contributed by atoms with van der Waals surface area (Å²) in [5, 5.41) is 10.3. The Kier molecular flexibility index (Phi) is 5.99. The predicted molar refractivity (Wildman–Crippen MR) is 119 cm³/mol. The summed E-state index contributed by atoms with van der Waals surface area (Å²) in [6.07, 6.45) is 0. The molecule has 3 aliphatic heterocycles. The molecule has 0 aliphatic carbocycles. The van der Waals surface area contributed by atoms with Gasteiger partial charge in [-0.25, -0.2) is 4.39 Å². The minimum absolute atomic E-state index is 0.0288. The Bertz CT molecular complexity index is 927. The number of hydrogen-bond acceptors (Lipinski definition) is 5. The minimum atomic E-state index is -0.253. The Morgan fingerprint density at radius 2 is 1.75 bits per heavy atom. The Balaban J connectivity index is 1.34. The van der Waals surface area contributed by atoms with Crippen LogP contribution in [0.5, 0.6) is 0 Å². The number of carbonyl (C=O) groups excluding carboxylic acids is 1. The first kappa shape index (κ1) is 21.5. The van der Waals surface area contributed by atoms with Crippen LogP contribution >= 0.6 is 0 Å². The molecule has 2 aromatic carbocycles. The van der Waals surface area contributed by atoms with Crippen molar-refractivity contribution in [3.63, 3.8) is 0 Å². The maximum absolute atomic E-state index is 13.4. The van der Waals surface area contributed by atoms with E-state index in [0.717, 1.165) is 18.7 Å². The average molecular weight is 440 g/mol. The lowest BCUT2D eigenvalue weighted by molar-refractivity contribution is -0.200. The van der Waals surface area contributed by atoms with Gasteiger partial charge < -0.3 is 14.7 Å². The number of hydrogen-bond donors (Lipinski definition) is 1. The van der Waals surface area contributed by atoms with E-state index in [9.17, 15) is 14.3 Å². The molecule has 6 nitrogen and oxygen atoms in total. The zero-order valence-electron chi connectivity index (χ0n) is 18.2. The van der Waals surface area contributed by atoms with E-state index in [2.05, 4.69) is 21.9 Å². The van der Waals surface area contributed by atoms with Crippen LogP contribution in [-0.4, -0.2) is 89.8 Å². The second-order valence-electron chi connectivity index (χ2n) is 9.13. The fourth-order valence-electron chi connectivity index (χ4n) is 5.64. The lowest BCUT2D eigenvalue weighted by Gasteiger charge is -2.71. The fraction of sp³-hybridized carbons (Fsp3) is 0.480. The molecule has 0 saturated carbocycles. The van der Waals surface area contributed by atoms with Gasteiger partial charge in [0.1, 0.15) is 5.82 Å². The van der Waals surface area contributed by atoms with E-state index in [1.54, 1.807) is 12.1 Å². The number of carbonyl (C=O) groups is 1. The standard InChI is InChI=1S/C25H30FN3O3/c26-21-8-6-19(7-9-21)14-29-22(16-30)24(20-4-2-1-3-5-20)25(29)17-28(18-25)23(31)15-27-10-12-32-13-11-27/h1-9,22,24,30H,10-18H2/t22-,24+/m1/s1. The lowest BCUT2D eigenvalue weighted by atomic mass is 9.60. The summed E-state index contributed by atoms with van der Waals surface area (Å²) in [6, 6.07) is 16.8. The molecule has 32 heavy (non-hydrogen) atoms. The number of amides is 1. The van der Waals surface area contributed by atoms with Gasteiger partial charge in [-0.1, -0.05) is 42.5 Å². The first-order valence-corrected chi connectivity index (χ1v) is 11.4. The zero-order valence-corrected chi connectivity index (χ0v) is 18.2. The molecule has 170 valence electrons. The van der Waals surface area contributed by atoms with Crippen LogP contribution in [0.25, 0.3) is 0 Å². The van der Waals surface area contributed by atoms with Gasteiger partial charge in [-0.3, -0.25) is 14.6 Å². The van der Waals surface area contributed by atoms with Gasteiger partial charge in [-0.15, -0.1) is 0 Å². The maximum Gasteiger partial charge on any atom is 0.236 e. The summed E-state index contributed by atoms with van der Waals surface area (Å²) in [4.78, 5) is 19.4. The summed E-state index contributed by atoms with van der Waals surface area (Å²) in [5.41, 5.74) is 2.00. The number of halogens is 1. The van der Waals surface area contributed by atoms with E-state index in [4.69, 9.17) is 4.74 Å². The largest absolute Gasteiger partial charge is 0.395 e. The topological polar surface area (TPSA) is 56.3 Å². The number of rotatable bonds is 6. The molecule has 0 aromatic heterocycles. The molecule has 0 unspecified atom stereocenters. The van der Waals surface area contributed by atoms with Crippen molar-refractivity contribution >= 4 is 5.91 Å². The highest BCUT2D eigenvalue weighted by Crippen LogP contribution is 2.54. The molecule has 3 heterocycles. The van der Waals surface area contributed by atoms with Crippen LogP contribution in [0, 0.1) is 5.82 Å². The number of nitrogens with zero attached hydrogens (tertiary/aromatic N) is 3. The molecule has 0 bridgehead atoms. The minimum Gasteiger partial charge on any atom is -0.395 e. The molecule has 3 aliphatic rings. The van der Waals surface area contributed by atoms with E-state index in [0.29, 0.717) is 39.4 Å². The van der Waals surface area contributed by atoms with Crippen molar-refractivity contribution in [3.05, 3.63) is 71.5 Å². The normalized spacial score (nSPS) is 25.4. The second kappa shape index (κ2) is 8.90. The van der Waals surface area contributed by atoms with E-state index < -0.39 is 0 Å². The lowest BCUT2D eigenvalue weighted by Crippen LogP contribution is -2.84. The van der Waals surface area contributed by atoms with Gasteiger partial charge in [0.05, 0.1) is 31.9 Å². The molecule has 3 saturated heterocycles. The predicted octanol–water partition coefficient (Wildman–Crippen LogP) is 1.70. The van der Waals surface area contributed by atoms with Crippen LogP contribution < -0.4 is 0 Å². The fourth-order valence-corrected chi connectivity index (χ4v) is 5.64. The highest BCUT2D eigenvalue weighted by atomic mass is 19.1. The van der Waals surface area contributed by atoms with Crippen LogP contribution in [0.1, 0.15) is 17.0 Å². The quantitative estimate of drug-likeness (QED) is 0.743. The number of morpholine rings is 1. The molecule has 0 radical (unpaired) electrons. The maximum atomic E-state index is 13.4. The van der Waals surface area contributed by atoms with E-state index in [1.807, 2.05) is 23.1 Å². The molecular formula is C25H30FN3O3. The summed E-state index contributed by atoms with van der Waals surface area (Å²) >= 11 is 0. The van der Waals surface area contributed by atoms with Gasteiger partial charge in [-0.05, 0) is 23.3 Å². The average Bonchev–Trinajstić information content (AvgIpc) is 2.78. The monoisotopic (exact) mass is 439 g/mol. The van der Waals surface area contributed by atoms with E-state index >= 15 is 0 Å². The number of likely N-dealkylation sites (tertiary alicyclic amines) is 2. The zero-order chi connectivity index (χ0) is 22.1. The van der Waals surface area contributed by atoms with E-state index in [-0.39, 0.29) is 35.8 Å². The van der Waals surface area contributed by atoms with Crippen molar-refractivity contribution in [2.45, 2.75) is 24.0 Å². The highest BCUT2D eigenvalue weighted by Gasteiger charge is 2.66. The molecule has 2 aromatic rings. The van der Waals surface area contributed by atoms with Crippen molar-refractivity contribution in [1.82, 2.24) is 14.7 Å². The van der Waals surface area contributed by atoms with Crippen molar-refractivity contribution in [3.8, 4) is 0 Å². The molecular weight excluding hydrogens is 409 g/mol. The third-order valence-electron chi connectivity index (χ3n) is 7.29. The first-order chi connectivity index (χ1) is 15.6. The Morgan fingerprint density at radius 3 is 2.41 bits per heavy atom. The molecule has 1 amide bonds. The van der Waals surface area contributed by atoms with Crippen molar-refractivity contribution in [2.75, 3.05) is 52.5 Å². The van der Waals surface area contributed by atoms with Crippen LogP contribution in [0.15, 0.2) is 54.6 Å². The van der Waals surface area contributed by atoms with Gasteiger partial charge in [0, 0.05) is 44.7 Å². The summed E-state index contributed by atoms with van der Waals surface area (Å²) in [7, 11) is 0. The summed E-state index contributed by atoms with van der Waals surface area (Å²) in [6.45, 7) is 5.33. The summed E-state index contributed by atoms with van der Waals surface area (Å²) in [5.74, 6) is 0.0524. The van der Waals surface area contributed by atoms with Crippen LogP contribution in [-0.2, 0) is 16.1 Å². The van der Waals surface area contributed by atoms with Crippen molar-refractivity contribution < 1.29 is 19.0 Å². The van der Waals surface area contributed by atoms with Gasteiger partial charge >= 0.3 is 0 Å². The first-order valence-electron chi connectivity index (χ1n) is 11.4. The number of aliphatic hydroxyl groups is 1. The smallest absolute Gasteiger partial charge is 0.236 e. The summed E-state index contributed by atoms with van der Waals surface area (Å²) < 4.78 is 18.8. The van der Waals surface area contributed by atoms with Gasteiger partial charge in [-0.2, -0.15) is 0 Å². The number of aliphatic hydroxyl groups excluding tert-OH is 1. The molecule has 1 N–H and O–H groups in total. The van der Waals surface area contributed by atoms with Gasteiger partial charge in [0.2, 0.25) is 5.91 Å². The van der Waals surface area contributed by atoms with E-state index in [1.165, 1.54) is 17.7 Å². The third kappa shape index (κ3) is 3.83. The molecule has 1 spiro atoms. The van der Waals surface area contributed by atoms with Gasteiger partial charge in [0.25, 0.3) is 0 Å². The molecule has 3 fully saturated rings. The van der Waals surface area contributed by atoms with Crippen molar-refractivity contribution in [1.29, 1.82) is 0 Å². The highest BCUT2D eigenvalue weighted by molar-refractivity contribution is 5.80. The number of ether oxygens (including phenoxy) is 1. The second-order valence-corrected chi connectivity index (χ2v) is 9.13. The van der Waals surface area contributed by atoms with Crippen molar-refractivity contribution in [2.24, 2.45) is 0 Å². The number of benzene rings is 2. The SMILES string of the molecule is O=C(CN1CCOCC1)N1CC2(C1)[C@@H](c1ccccc1)[C@@H](CO)N2Cc1ccc(F)cc1. The Morgan fingerprint density at radius 1 is 1.06 bits per heavy atom. The van der Waals surface area contributed by atoms with Crippen LogP contribution in [0.4, 0.5) is 4.39 Å². The van der Waals surface area contributed by atoms with Crippen LogP contribution in [0.3, 0.4) is 0 Å². The Hall–Kier alpha value is -2.32.